The predicted octanol–water partition coefficient (Wildman–Crippen LogP) is 3.29. The third-order valence-corrected chi connectivity index (χ3v) is 5.05. The van der Waals surface area contributed by atoms with Crippen molar-refractivity contribution in [2.24, 2.45) is 0 Å². The Kier molecular flexibility index (Phi) is 5.51. The Bertz CT molecular complexity index is 913. The van der Waals surface area contributed by atoms with E-state index < -0.39 is 0 Å². The number of fused-ring (bicyclic) bond motifs is 1. The third kappa shape index (κ3) is 4.38. The number of nitrogens with one attached hydrogen (secondary N) is 2. The lowest BCUT2D eigenvalue weighted by atomic mass is 10.0. The van der Waals surface area contributed by atoms with Gasteiger partial charge >= 0.3 is 0 Å². The van der Waals surface area contributed by atoms with Crippen molar-refractivity contribution in [2.45, 2.75) is 6.42 Å². The molecule has 5 nitrogen and oxygen atoms in total. The van der Waals surface area contributed by atoms with Crippen LogP contribution < -0.4 is 5.32 Å². The van der Waals surface area contributed by atoms with Crippen LogP contribution in [0.3, 0.4) is 0 Å². The first-order valence-electron chi connectivity index (χ1n) is 9.55. The molecule has 0 bridgehead atoms. The fraction of sp³-hybridized carbons (Fsp3) is 0.318. The molecule has 1 aliphatic rings. The van der Waals surface area contributed by atoms with E-state index in [2.05, 4.69) is 39.5 Å². The number of carbonyl (C=O) groups is 1. The van der Waals surface area contributed by atoms with Crippen molar-refractivity contribution in [2.75, 3.05) is 39.4 Å². The molecular formula is C22H25N3O2. The molecule has 0 unspecified atom stereocenters. The van der Waals surface area contributed by atoms with Crippen LogP contribution in [0.2, 0.25) is 0 Å². The lowest BCUT2D eigenvalue weighted by molar-refractivity contribution is 0.0374. The highest BCUT2D eigenvalue weighted by molar-refractivity contribution is 5.95. The van der Waals surface area contributed by atoms with Crippen LogP contribution in [0.15, 0.2) is 54.7 Å². The summed E-state index contributed by atoms with van der Waals surface area (Å²) in [5.41, 5.74) is 3.99. The SMILES string of the molecule is O=C(NCCCN1CCOCC1)c1cccc(-c2ccc3[nH]ccc3c2)c1. The third-order valence-electron chi connectivity index (χ3n) is 5.05. The number of ether oxygens (including phenoxy) is 1. The van der Waals surface area contributed by atoms with Crippen LogP contribution in [0, 0.1) is 0 Å². The van der Waals surface area contributed by atoms with Gasteiger partial charge in [0.05, 0.1) is 13.2 Å². The van der Waals surface area contributed by atoms with E-state index in [9.17, 15) is 4.79 Å². The number of hydrogen-bond acceptors (Lipinski definition) is 3. The Balaban J connectivity index is 1.35. The molecular weight excluding hydrogens is 338 g/mol. The first kappa shape index (κ1) is 17.8. The highest BCUT2D eigenvalue weighted by Gasteiger charge is 2.11. The minimum atomic E-state index is -0.0125. The molecule has 2 heterocycles. The Morgan fingerprint density at radius 2 is 1.93 bits per heavy atom. The number of morpholine rings is 1. The van der Waals surface area contributed by atoms with Crippen LogP contribution >= 0.6 is 0 Å². The van der Waals surface area contributed by atoms with Gasteiger partial charge in [-0.25, -0.2) is 0 Å². The first-order valence-corrected chi connectivity index (χ1v) is 9.55. The lowest BCUT2D eigenvalue weighted by Crippen LogP contribution is -2.38. The number of aromatic amines is 1. The van der Waals surface area contributed by atoms with Crippen LogP contribution in [-0.2, 0) is 4.74 Å². The van der Waals surface area contributed by atoms with Crippen molar-refractivity contribution in [3.05, 3.63) is 60.3 Å². The van der Waals surface area contributed by atoms with E-state index in [0.717, 1.165) is 55.9 Å². The number of carbonyl (C=O) groups excluding carboxylic acids is 1. The average Bonchev–Trinajstić information content (AvgIpc) is 3.20. The number of hydrogen-bond donors (Lipinski definition) is 2. The molecule has 0 saturated carbocycles. The second-order valence-electron chi connectivity index (χ2n) is 6.92. The van der Waals surface area contributed by atoms with Gasteiger partial charge in [0.25, 0.3) is 5.91 Å². The summed E-state index contributed by atoms with van der Waals surface area (Å²) in [5.74, 6) is -0.0125. The fourth-order valence-electron chi connectivity index (χ4n) is 3.50. The molecule has 3 aromatic rings. The summed E-state index contributed by atoms with van der Waals surface area (Å²) in [6.45, 7) is 5.29. The summed E-state index contributed by atoms with van der Waals surface area (Å²) >= 11 is 0. The zero-order valence-corrected chi connectivity index (χ0v) is 15.4. The molecule has 1 saturated heterocycles. The molecule has 0 atom stereocenters. The molecule has 140 valence electrons. The van der Waals surface area contributed by atoms with Gasteiger partial charge in [0.15, 0.2) is 0 Å². The van der Waals surface area contributed by atoms with E-state index in [-0.39, 0.29) is 5.91 Å². The van der Waals surface area contributed by atoms with Gasteiger partial charge < -0.3 is 15.0 Å². The molecule has 1 amide bonds. The lowest BCUT2D eigenvalue weighted by Gasteiger charge is -2.26. The van der Waals surface area contributed by atoms with E-state index in [4.69, 9.17) is 4.74 Å². The van der Waals surface area contributed by atoms with E-state index >= 15 is 0 Å². The molecule has 27 heavy (non-hydrogen) atoms. The predicted molar refractivity (Wildman–Crippen MR) is 108 cm³/mol. The normalized spacial score (nSPS) is 15.1. The molecule has 1 aromatic heterocycles. The van der Waals surface area contributed by atoms with Gasteiger partial charge in [0.1, 0.15) is 0 Å². The standard InChI is InChI=1S/C22H25N3O2/c26-22(24-8-2-10-25-11-13-27-14-12-25)20-4-1-3-17(16-20)18-5-6-21-19(15-18)7-9-23-21/h1,3-7,9,15-16,23H,2,8,10-14H2,(H,24,26). The van der Waals surface area contributed by atoms with Crippen LogP contribution in [0.1, 0.15) is 16.8 Å². The number of amides is 1. The Hall–Kier alpha value is -2.63. The van der Waals surface area contributed by atoms with Crippen LogP contribution in [0.25, 0.3) is 22.0 Å². The van der Waals surface area contributed by atoms with Gasteiger partial charge in [-0.3, -0.25) is 9.69 Å². The van der Waals surface area contributed by atoms with Gasteiger partial charge in [0.2, 0.25) is 0 Å². The summed E-state index contributed by atoms with van der Waals surface area (Å²) in [5, 5.41) is 4.21. The Morgan fingerprint density at radius 1 is 1.07 bits per heavy atom. The van der Waals surface area contributed by atoms with E-state index in [1.807, 2.05) is 30.5 Å². The zero-order valence-electron chi connectivity index (χ0n) is 15.4. The molecule has 1 fully saturated rings. The molecule has 0 aliphatic carbocycles. The first-order chi connectivity index (χ1) is 13.3. The van der Waals surface area contributed by atoms with Gasteiger partial charge in [-0.05, 0) is 59.8 Å². The number of rotatable bonds is 6. The van der Waals surface area contributed by atoms with E-state index in [1.54, 1.807) is 0 Å². The van der Waals surface area contributed by atoms with Crippen molar-refractivity contribution in [1.29, 1.82) is 0 Å². The minimum Gasteiger partial charge on any atom is -0.379 e. The van der Waals surface area contributed by atoms with Crippen LogP contribution in [0.4, 0.5) is 0 Å². The van der Waals surface area contributed by atoms with Gasteiger partial charge in [-0.2, -0.15) is 0 Å². The molecule has 0 spiro atoms. The smallest absolute Gasteiger partial charge is 0.251 e. The van der Waals surface area contributed by atoms with Crippen molar-refractivity contribution in [3.8, 4) is 11.1 Å². The van der Waals surface area contributed by atoms with Crippen LogP contribution in [-0.4, -0.2) is 55.2 Å². The maximum absolute atomic E-state index is 12.5. The summed E-state index contributed by atoms with van der Waals surface area (Å²) in [4.78, 5) is 18.1. The van der Waals surface area contributed by atoms with Crippen molar-refractivity contribution in [3.63, 3.8) is 0 Å². The average molecular weight is 363 g/mol. The molecule has 1 aliphatic heterocycles. The van der Waals surface area contributed by atoms with E-state index in [1.165, 1.54) is 5.39 Å². The molecule has 0 radical (unpaired) electrons. The van der Waals surface area contributed by atoms with Gasteiger partial charge in [0, 0.05) is 36.9 Å². The van der Waals surface area contributed by atoms with Gasteiger partial charge in [-0.1, -0.05) is 18.2 Å². The number of benzene rings is 2. The summed E-state index contributed by atoms with van der Waals surface area (Å²) in [7, 11) is 0. The van der Waals surface area contributed by atoms with Crippen molar-refractivity contribution < 1.29 is 9.53 Å². The molecule has 4 rings (SSSR count). The number of aromatic nitrogens is 1. The molecule has 5 heteroatoms. The summed E-state index contributed by atoms with van der Waals surface area (Å²) in [6, 6.07) is 16.2. The van der Waals surface area contributed by atoms with Crippen molar-refractivity contribution >= 4 is 16.8 Å². The highest BCUT2D eigenvalue weighted by atomic mass is 16.5. The zero-order chi connectivity index (χ0) is 18.5. The largest absolute Gasteiger partial charge is 0.379 e. The minimum absolute atomic E-state index is 0.0125. The number of H-pyrrole nitrogens is 1. The fourth-order valence-corrected chi connectivity index (χ4v) is 3.50. The Morgan fingerprint density at radius 3 is 2.81 bits per heavy atom. The maximum atomic E-state index is 12.5. The highest BCUT2D eigenvalue weighted by Crippen LogP contribution is 2.24. The quantitative estimate of drug-likeness (QED) is 0.661. The van der Waals surface area contributed by atoms with E-state index in [0.29, 0.717) is 12.1 Å². The maximum Gasteiger partial charge on any atom is 0.251 e. The summed E-state index contributed by atoms with van der Waals surface area (Å²) < 4.78 is 5.36. The molecule has 2 aromatic carbocycles. The Labute approximate surface area is 159 Å². The molecule has 2 N–H and O–H groups in total. The number of nitrogens with zero attached hydrogens (tertiary/aromatic N) is 1. The van der Waals surface area contributed by atoms with Crippen LogP contribution in [0.5, 0.6) is 0 Å². The monoisotopic (exact) mass is 363 g/mol. The summed E-state index contributed by atoms with van der Waals surface area (Å²) in [6.07, 6.45) is 2.89. The van der Waals surface area contributed by atoms with Crippen molar-refractivity contribution in [1.82, 2.24) is 15.2 Å². The topological polar surface area (TPSA) is 57.4 Å². The van der Waals surface area contributed by atoms with Gasteiger partial charge in [-0.15, -0.1) is 0 Å². The second-order valence-corrected chi connectivity index (χ2v) is 6.92. The second kappa shape index (κ2) is 8.37.